The highest BCUT2D eigenvalue weighted by atomic mass is 79.9. The summed E-state index contributed by atoms with van der Waals surface area (Å²) in [5, 5.41) is 0. The van der Waals surface area contributed by atoms with Crippen molar-refractivity contribution in [2.75, 3.05) is 18.0 Å². The maximum absolute atomic E-state index is 5.38. The van der Waals surface area contributed by atoms with E-state index in [1.54, 1.807) is 0 Å². The lowest BCUT2D eigenvalue weighted by Gasteiger charge is -2.19. The van der Waals surface area contributed by atoms with Gasteiger partial charge in [-0.3, -0.25) is 0 Å². The van der Waals surface area contributed by atoms with Crippen LogP contribution in [0.15, 0.2) is 28.7 Å². The molecule has 2 nitrogen and oxygen atoms in total. The van der Waals surface area contributed by atoms with Crippen LogP contribution in [-0.4, -0.2) is 25.3 Å². The Kier molecular flexibility index (Phi) is 1.64. The number of hydrogen-bond donors (Lipinski definition) is 0. The lowest BCUT2D eigenvalue weighted by molar-refractivity contribution is 0.347. The third kappa shape index (κ3) is 1.36. The molecule has 2 fully saturated rings. The fourth-order valence-electron chi connectivity index (χ4n) is 1.89. The average Bonchev–Trinajstić information content (AvgIpc) is 2.74. The predicted octanol–water partition coefficient (Wildman–Crippen LogP) is 2.04. The number of rotatable bonds is 1. The van der Waals surface area contributed by atoms with Crippen LogP contribution in [0.2, 0.25) is 0 Å². The van der Waals surface area contributed by atoms with Crippen molar-refractivity contribution in [1.82, 2.24) is 0 Å². The molecule has 68 valence electrons. The highest BCUT2D eigenvalue weighted by molar-refractivity contribution is 9.10. The highest BCUT2D eigenvalue weighted by Gasteiger charge is 2.47. The topological polar surface area (TPSA) is 15.8 Å². The lowest BCUT2D eigenvalue weighted by Crippen LogP contribution is -2.23. The van der Waals surface area contributed by atoms with Crippen molar-refractivity contribution in [1.29, 1.82) is 0 Å². The monoisotopic (exact) mass is 239 g/mol. The van der Waals surface area contributed by atoms with Gasteiger partial charge in [0.15, 0.2) is 0 Å². The van der Waals surface area contributed by atoms with Gasteiger partial charge >= 0.3 is 0 Å². The maximum atomic E-state index is 5.38. The second kappa shape index (κ2) is 2.72. The van der Waals surface area contributed by atoms with Crippen LogP contribution in [0.25, 0.3) is 0 Å². The van der Waals surface area contributed by atoms with Crippen LogP contribution in [0.3, 0.4) is 0 Å². The Bertz CT molecular complexity index is 331. The zero-order valence-electron chi connectivity index (χ0n) is 7.11. The molecule has 2 atom stereocenters. The molecule has 0 aromatic heterocycles. The molecule has 2 aliphatic heterocycles. The van der Waals surface area contributed by atoms with Gasteiger partial charge in [0.05, 0.1) is 0 Å². The van der Waals surface area contributed by atoms with Crippen LogP contribution in [-0.2, 0) is 4.74 Å². The Morgan fingerprint density at radius 3 is 2.77 bits per heavy atom. The Morgan fingerprint density at radius 2 is 2.08 bits per heavy atom. The SMILES string of the molecule is Brc1cccc(N2CC3OC3C2)c1. The lowest BCUT2D eigenvalue weighted by atomic mass is 10.3. The molecule has 2 unspecified atom stereocenters. The molecule has 2 heterocycles. The van der Waals surface area contributed by atoms with Gasteiger partial charge in [-0.2, -0.15) is 0 Å². The number of fused-ring (bicyclic) bond motifs is 1. The van der Waals surface area contributed by atoms with Crippen LogP contribution < -0.4 is 4.90 Å². The number of halogens is 1. The molecule has 0 bridgehead atoms. The van der Waals surface area contributed by atoms with Crippen LogP contribution in [0.4, 0.5) is 5.69 Å². The molecule has 0 aliphatic carbocycles. The summed E-state index contributed by atoms with van der Waals surface area (Å²) >= 11 is 3.48. The number of ether oxygens (including phenoxy) is 1. The molecule has 0 saturated carbocycles. The molecule has 0 radical (unpaired) electrons. The van der Waals surface area contributed by atoms with E-state index in [4.69, 9.17) is 4.74 Å². The number of epoxide rings is 1. The summed E-state index contributed by atoms with van der Waals surface area (Å²) in [5.74, 6) is 0. The number of nitrogens with zero attached hydrogens (tertiary/aromatic N) is 1. The van der Waals surface area contributed by atoms with E-state index in [2.05, 4.69) is 45.1 Å². The Balaban J connectivity index is 1.84. The summed E-state index contributed by atoms with van der Waals surface area (Å²) in [4.78, 5) is 2.38. The van der Waals surface area contributed by atoms with Crippen LogP contribution in [0.1, 0.15) is 0 Å². The number of anilines is 1. The van der Waals surface area contributed by atoms with E-state index in [-0.39, 0.29) is 0 Å². The van der Waals surface area contributed by atoms with E-state index in [0.717, 1.165) is 17.6 Å². The second-order valence-electron chi connectivity index (χ2n) is 3.60. The zero-order chi connectivity index (χ0) is 8.84. The average molecular weight is 240 g/mol. The summed E-state index contributed by atoms with van der Waals surface area (Å²) in [6.07, 6.45) is 1.03. The second-order valence-corrected chi connectivity index (χ2v) is 4.51. The zero-order valence-corrected chi connectivity index (χ0v) is 8.70. The largest absolute Gasteiger partial charge is 0.366 e. The number of benzene rings is 1. The van der Waals surface area contributed by atoms with Crippen molar-refractivity contribution in [3.8, 4) is 0 Å². The molecule has 2 aliphatic rings. The molecule has 2 saturated heterocycles. The van der Waals surface area contributed by atoms with Crippen molar-refractivity contribution in [3.63, 3.8) is 0 Å². The first-order chi connectivity index (χ1) is 6.33. The minimum atomic E-state index is 0.513. The quantitative estimate of drug-likeness (QED) is 0.698. The maximum Gasteiger partial charge on any atom is 0.103 e. The predicted molar refractivity (Wildman–Crippen MR) is 55.0 cm³/mol. The van der Waals surface area contributed by atoms with Gasteiger partial charge in [0.1, 0.15) is 12.2 Å². The van der Waals surface area contributed by atoms with Gasteiger partial charge in [0, 0.05) is 23.2 Å². The first kappa shape index (κ1) is 7.83. The third-order valence-corrected chi connectivity index (χ3v) is 3.15. The van der Waals surface area contributed by atoms with Gasteiger partial charge in [-0.05, 0) is 18.2 Å². The molecule has 0 amide bonds. The van der Waals surface area contributed by atoms with Crippen molar-refractivity contribution in [2.45, 2.75) is 12.2 Å². The van der Waals surface area contributed by atoms with E-state index >= 15 is 0 Å². The number of morpholine rings is 1. The van der Waals surface area contributed by atoms with Gasteiger partial charge in [0.2, 0.25) is 0 Å². The molecule has 1 aromatic rings. The first-order valence-electron chi connectivity index (χ1n) is 4.49. The van der Waals surface area contributed by atoms with Gasteiger partial charge in [-0.1, -0.05) is 22.0 Å². The van der Waals surface area contributed by atoms with Crippen molar-refractivity contribution >= 4 is 21.6 Å². The fraction of sp³-hybridized carbons (Fsp3) is 0.400. The number of hydrogen-bond acceptors (Lipinski definition) is 2. The summed E-state index contributed by atoms with van der Waals surface area (Å²) in [5.41, 5.74) is 1.30. The van der Waals surface area contributed by atoms with Crippen LogP contribution in [0, 0.1) is 0 Å². The summed E-state index contributed by atoms with van der Waals surface area (Å²) < 4.78 is 6.53. The fourth-order valence-corrected chi connectivity index (χ4v) is 2.28. The van der Waals surface area contributed by atoms with Crippen molar-refractivity contribution < 1.29 is 4.74 Å². The Labute approximate surface area is 85.6 Å². The van der Waals surface area contributed by atoms with E-state index < -0.39 is 0 Å². The van der Waals surface area contributed by atoms with Crippen LogP contribution >= 0.6 is 15.9 Å². The Morgan fingerprint density at radius 1 is 1.31 bits per heavy atom. The molecule has 13 heavy (non-hydrogen) atoms. The highest BCUT2D eigenvalue weighted by Crippen LogP contribution is 2.34. The summed E-state index contributed by atoms with van der Waals surface area (Å²) in [7, 11) is 0. The van der Waals surface area contributed by atoms with E-state index in [9.17, 15) is 0 Å². The molecular formula is C10H10BrNO. The Hall–Kier alpha value is -0.540. The van der Waals surface area contributed by atoms with Crippen molar-refractivity contribution in [2.24, 2.45) is 0 Å². The standard InChI is InChI=1S/C10H10BrNO/c11-7-2-1-3-8(4-7)12-5-9-10(6-12)13-9/h1-4,9-10H,5-6H2. The van der Waals surface area contributed by atoms with Gasteiger partial charge in [0.25, 0.3) is 0 Å². The first-order valence-corrected chi connectivity index (χ1v) is 5.28. The van der Waals surface area contributed by atoms with Crippen LogP contribution in [0.5, 0.6) is 0 Å². The molecule has 3 heteroatoms. The molecular weight excluding hydrogens is 230 g/mol. The molecule has 0 spiro atoms. The summed E-state index contributed by atoms with van der Waals surface area (Å²) in [6.45, 7) is 2.11. The van der Waals surface area contributed by atoms with E-state index in [1.807, 2.05) is 0 Å². The third-order valence-electron chi connectivity index (χ3n) is 2.66. The molecule has 3 rings (SSSR count). The van der Waals surface area contributed by atoms with E-state index in [1.165, 1.54) is 5.69 Å². The smallest absolute Gasteiger partial charge is 0.103 e. The normalized spacial score (nSPS) is 30.4. The van der Waals surface area contributed by atoms with Crippen molar-refractivity contribution in [3.05, 3.63) is 28.7 Å². The molecule has 1 aromatic carbocycles. The van der Waals surface area contributed by atoms with Gasteiger partial charge in [-0.15, -0.1) is 0 Å². The minimum absolute atomic E-state index is 0.513. The van der Waals surface area contributed by atoms with Gasteiger partial charge < -0.3 is 9.64 Å². The van der Waals surface area contributed by atoms with Gasteiger partial charge in [-0.25, -0.2) is 0 Å². The minimum Gasteiger partial charge on any atom is -0.366 e. The van der Waals surface area contributed by atoms with E-state index in [0.29, 0.717) is 12.2 Å². The summed E-state index contributed by atoms with van der Waals surface area (Å²) in [6, 6.07) is 8.43. The molecule has 0 N–H and O–H groups in total.